The minimum atomic E-state index is -0.621. The third kappa shape index (κ3) is 3.08. The summed E-state index contributed by atoms with van der Waals surface area (Å²) < 4.78 is 4.97. The Balaban J connectivity index is 2.35. The highest BCUT2D eigenvalue weighted by Gasteiger charge is 2.22. The van der Waals surface area contributed by atoms with Crippen molar-refractivity contribution in [3.8, 4) is 11.5 Å². The van der Waals surface area contributed by atoms with Crippen molar-refractivity contribution in [2.24, 2.45) is 0 Å². The number of nitro groups is 1. The molecule has 2 rings (SSSR count). The van der Waals surface area contributed by atoms with Crippen LogP contribution in [0.4, 0.5) is 11.4 Å². The van der Waals surface area contributed by atoms with Gasteiger partial charge in [-0.2, -0.15) is 0 Å². The van der Waals surface area contributed by atoms with Crippen molar-refractivity contribution in [3.63, 3.8) is 0 Å². The highest BCUT2D eigenvalue weighted by molar-refractivity contribution is 6.07. The van der Waals surface area contributed by atoms with E-state index in [2.05, 4.69) is 5.32 Å². The van der Waals surface area contributed by atoms with Crippen LogP contribution in [-0.2, 0) is 0 Å². The van der Waals surface area contributed by atoms with Gasteiger partial charge in [0.15, 0.2) is 0 Å². The monoisotopic (exact) mass is 288 g/mol. The first kappa shape index (κ1) is 14.3. The van der Waals surface area contributed by atoms with Gasteiger partial charge in [0, 0.05) is 17.8 Å². The fraction of sp³-hybridized carbons (Fsp3) is 0.0714. The first-order valence-corrected chi connectivity index (χ1v) is 5.94. The lowest BCUT2D eigenvalue weighted by Gasteiger charge is -2.09. The molecule has 0 aromatic heterocycles. The minimum absolute atomic E-state index is 0.00110. The summed E-state index contributed by atoms with van der Waals surface area (Å²) in [6.07, 6.45) is 0. The summed E-state index contributed by atoms with van der Waals surface area (Å²) in [5.41, 5.74) is 0.115. The van der Waals surface area contributed by atoms with E-state index in [0.29, 0.717) is 5.69 Å². The molecule has 0 spiro atoms. The number of phenols is 1. The summed E-state index contributed by atoms with van der Waals surface area (Å²) >= 11 is 0. The van der Waals surface area contributed by atoms with Gasteiger partial charge in [0.1, 0.15) is 5.75 Å². The normalized spacial score (nSPS) is 9.95. The fourth-order valence-corrected chi connectivity index (χ4v) is 1.84. The lowest BCUT2D eigenvalue weighted by Crippen LogP contribution is -2.13. The van der Waals surface area contributed by atoms with Crippen LogP contribution >= 0.6 is 0 Å². The average Bonchev–Trinajstić information content (AvgIpc) is 2.46. The Labute approximate surface area is 119 Å². The number of nitrogens with zero attached hydrogens (tertiary/aromatic N) is 1. The Morgan fingerprint density at radius 3 is 2.62 bits per heavy atom. The van der Waals surface area contributed by atoms with Crippen LogP contribution < -0.4 is 10.1 Å². The molecule has 0 heterocycles. The lowest BCUT2D eigenvalue weighted by atomic mass is 10.1. The number of benzene rings is 2. The zero-order chi connectivity index (χ0) is 15.4. The summed E-state index contributed by atoms with van der Waals surface area (Å²) in [6.45, 7) is 0. The molecular formula is C14H12N2O5. The number of phenolic OH excluding ortho intramolecular Hbond substituents is 1. The molecule has 2 N–H and O–H groups in total. The van der Waals surface area contributed by atoms with Gasteiger partial charge in [-0.25, -0.2) is 0 Å². The molecule has 0 aliphatic carbocycles. The van der Waals surface area contributed by atoms with Gasteiger partial charge in [0.2, 0.25) is 5.75 Å². The highest BCUT2D eigenvalue weighted by Crippen LogP contribution is 2.31. The van der Waals surface area contributed by atoms with Gasteiger partial charge in [0.25, 0.3) is 5.91 Å². The Morgan fingerprint density at radius 1 is 1.29 bits per heavy atom. The molecule has 0 atom stereocenters. The Kier molecular flexibility index (Phi) is 4.03. The number of aromatic hydroxyl groups is 1. The van der Waals surface area contributed by atoms with E-state index in [9.17, 15) is 20.0 Å². The molecule has 0 radical (unpaired) electrons. The number of nitro benzene ring substituents is 1. The third-order valence-corrected chi connectivity index (χ3v) is 2.74. The zero-order valence-electron chi connectivity index (χ0n) is 11.1. The molecule has 21 heavy (non-hydrogen) atoms. The second-order valence-corrected chi connectivity index (χ2v) is 4.12. The summed E-state index contributed by atoms with van der Waals surface area (Å²) in [5, 5.41) is 22.8. The summed E-state index contributed by atoms with van der Waals surface area (Å²) in [7, 11) is 1.26. The van der Waals surface area contributed by atoms with Crippen molar-refractivity contribution in [2.75, 3.05) is 12.4 Å². The van der Waals surface area contributed by atoms with Crippen LogP contribution in [0.1, 0.15) is 10.4 Å². The van der Waals surface area contributed by atoms with E-state index < -0.39 is 10.8 Å². The van der Waals surface area contributed by atoms with Crippen molar-refractivity contribution in [1.82, 2.24) is 0 Å². The molecule has 0 aliphatic rings. The molecule has 0 unspecified atom stereocenters. The Morgan fingerprint density at radius 2 is 2.00 bits per heavy atom. The van der Waals surface area contributed by atoms with Crippen molar-refractivity contribution < 1.29 is 19.6 Å². The maximum absolute atomic E-state index is 12.2. The van der Waals surface area contributed by atoms with E-state index in [-0.39, 0.29) is 22.7 Å². The van der Waals surface area contributed by atoms with Crippen LogP contribution in [0.15, 0.2) is 42.5 Å². The standard InChI is InChI=1S/C14H12N2O5/c1-21-13-11(6-3-7-12(13)16(19)20)14(18)15-9-4-2-5-10(17)8-9/h2-8,17H,1H3,(H,15,18). The molecule has 0 saturated carbocycles. The van der Waals surface area contributed by atoms with Crippen LogP contribution in [-0.4, -0.2) is 23.0 Å². The first-order valence-electron chi connectivity index (χ1n) is 5.94. The van der Waals surface area contributed by atoms with Crippen LogP contribution in [0.5, 0.6) is 11.5 Å². The van der Waals surface area contributed by atoms with Crippen LogP contribution in [0.2, 0.25) is 0 Å². The molecule has 0 fully saturated rings. The molecule has 2 aromatic carbocycles. The van der Waals surface area contributed by atoms with E-state index in [1.54, 1.807) is 12.1 Å². The van der Waals surface area contributed by atoms with E-state index >= 15 is 0 Å². The number of amides is 1. The molecule has 0 aliphatic heterocycles. The van der Waals surface area contributed by atoms with Gasteiger partial charge in [0.05, 0.1) is 17.6 Å². The average molecular weight is 288 g/mol. The Bertz CT molecular complexity index is 700. The smallest absolute Gasteiger partial charge is 0.311 e. The van der Waals surface area contributed by atoms with Gasteiger partial charge in [-0.3, -0.25) is 14.9 Å². The highest BCUT2D eigenvalue weighted by atomic mass is 16.6. The Hall–Kier alpha value is -3.09. The van der Waals surface area contributed by atoms with E-state index in [4.69, 9.17) is 4.74 Å². The fourth-order valence-electron chi connectivity index (χ4n) is 1.84. The van der Waals surface area contributed by atoms with Crippen molar-refractivity contribution >= 4 is 17.3 Å². The SMILES string of the molecule is COc1c(C(=O)Nc2cccc(O)c2)cccc1[N+](=O)[O-]. The molecule has 2 aromatic rings. The number of para-hydroxylation sites is 1. The summed E-state index contributed by atoms with van der Waals surface area (Å²) in [4.78, 5) is 22.5. The number of carbonyl (C=O) groups is 1. The molecule has 0 bridgehead atoms. The van der Waals surface area contributed by atoms with Gasteiger partial charge in [-0.15, -0.1) is 0 Å². The second kappa shape index (κ2) is 5.91. The molecule has 1 amide bonds. The first-order chi connectivity index (χ1) is 10.0. The van der Waals surface area contributed by atoms with E-state index in [0.717, 1.165) is 0 Å². The number of carbonyl (C=O) groups excluding carboxylic acids is 1. The number of anilines is 1. The summed E-state index contributed by atoms with van der Waals surface area (Å²) in [6, 6.07) is 10.0. The third-order valence-electron chi connectivity index (χ3n) is 2.74. The van der Waals surface area contributed by atoms with Crippen LogP contribution in [0, 0.1) is 10.1 Å². The second-order valence-electron chi connectivity index (χ2n) is 4.12. The molecule has 108 valence electrons. The largest absolute Gasteiger partial charge is 0.508 e. The van der Waals surface area contributed by atoms with E-state index in [1.807, 2.05) is 0 Å². The number of methoxy groups -OCH3 is 1. The van der Waals surface area contributed by atoms with Crippen molar-refractivity contribution in [3.05, 3.63) is 58.1 Å². The predicted molar refractivity (Wildman–Crippen MR) is 75.7 cm³/mol. The molecule has 7 nitrogen and oxygen atoms in total. The minimum Gasteiger partial charge on any atom is -0.508 e. The number of ether oxygens (including phenoxy) is 1. The quantitative estimate of drug-likeness (QED) is 0.665. The zero-order valence-corrected chi connectivity index (χ0v) is 11.1. The molecule has 0 saturated heterocycles. The van der Waals surface area contributed by atoms with Gasteiger partial charge in [-0.1, -0.05) is 12.1 Å². The van der Waals surface area contributed by atoms with Crippen molar-refractivity contribution in [2.45, 2.75) is 0 Å². The summed E-state index contributed by atoms with van der Waals surface area (Å²) in [5.74, 6) is -0.680. The van der Waals surface area contributed by atoms with E-state index in [1.165, 1.54) is 37.4 Å². The van der Waals surface area contributed by atoms with Crippen LogP contribution in [0.25, 0.3) is 0 Å². The maximum atomic E-state index is 12.2. The van der Waals surface area contributed by atoms with Crippen LogP contribution in [0.3, 0.4) is 0 Å². The van der Waals surface area contributed by atoms with Gasteiger partial charge in [-0.05, 0) is 18.2 Å². The predicted octanol–water partition coefficient (Wildman–Crippen LogP) is 2.56. The lowest BCUT2D eigenvalue weighted by molar-refractivity contribution is -0.385. The maximum Gasteiger partial charge on any atom is 0.311 e. The van der Waals surface area contributed by atoms with Gasteiger partial charge >= 0.3 is 5.69 Å². The number of hydrogen-bond donors (Lipinski definition) is 2. The number of rotatable bonds is 4. The van der Waals surface area contributed by atoms with Crippen molar-refractivity contribution in [1.29, 1.82) is 0 Å². The number of hydrogen-bond acceptors (Lipinski definition) is 5. The number of nitrogens with one attached hydrogen (secondary N) is 1. The van der Waals surface area contributed by atoms with Gasteiger partial charge < -0.3 is 15.2 Å². The molecule has 7 heteroatoms. The molecular weight excluding hydrogens is 276 g/mol. The topological polar surface area (TPSA) is 102 Å².